The van der Waals surface area contributed by atoms with Gasteiger partial charge in [0.15, 0.2) is 11.6 Å². The molecule has 1 aliphatic rings. The monoisotopic (exact) mass is 375 g/mol. The number of halogens is 2. The van der Waals surface area contributed by atoms with Gasteiger partial charge in [0.05, 0.1) is 12.2 Å². The van der Waals surface area contributed by atoms with Crippen LogP contribution >= 0.6 is 0 Å². The predicted octanol–water partition coefficient (Wildman–Crippen LogP) is 1.53. The molecule has 1 saturated heterocycles. The van der Waals surface area contributed by atoms with Crippen molar-refractivity contribution in [2.24, 2.45) is 0 Å². The average Bonchev–Trinajstić information content (AvgIpc) is 2.68. The number of aliphatic hydroxyl groups is 1. The van der Waals surface area contributed by atoms with Crippen molar-refractivity contribution in [2.45, 2.75) is 31.5 Å². The van der Waals surface area contributed by atoms with Gasteiger partial charge in [0.25, 0.3) is 11.8 Å². The molecule has 0 spiro atoms. The Morgan fingerprint density at radius 2 is 2.07 bits per heavy atom. The van der Waals surface area contributed by atoms with Crippen LogP contribution in [0.3, 0.4) is 0 Å². The molecule has 0 saturated carbocycles. The minimum atomic E-state index is -2.24. The van der Waals surface area contributed by atoms with Gasteiger partial charge >= 0.3 is 0 Å². The van der Waals surface area contributed by atoms with Crippen LogP contribution in [0.5, 0.6) is 0 Å². The van der Waals surface area contributed by atoms with Crippen LogP contribution in [-0.4, -0.2) is 39.0 Å². The second-order valence-corrected chi connectivity index (χ2v) is 6.41. The number of nitrogens with zero attached hydrogens (tertiary/aromatic N) is 2. The summed E-state index contributed by atoms with van der Waals surface area (Å²) >= 11 is 0. The van der Waals surface area contributed by atoms with Crippen LogP contribution in [0.15, 0.2) is 42.6 Å². The highest BCUT2D eigenvalue weighted by Gasteiger charge is 2.48. The molecule has 8 heteroatoms. The van der Waals surface area contributed by atoms with E-state index in [0.29, 0.717) is 12.1 Å². The molecule has 27 heavy (non-hydrogen) atoms. The molecular weight excluding hydrogens is 356 g/mol. The van der Waals surface area contributed by atoms with Gasteiger partial charge in [0.2, 0.25) is 5.60 Å². The number of rotatable bonds is 5. The second kappa shape index (κ2) is 7.79. The summed E-state index contributed by atoms with van der Waals surface area (Å²) in [5, 5.41) is 13.2. The number of hydrogen-bond donors (Lipinski definition) is 2. The Kier molecular flexibility index (Phi) is 5.46. The van der Waals surface area contributed by atoms with Gasteiger partial charge < -0.3 is 15.3 Å². The number of aromatic nitrogens is 1. The predicted molar refractivity (Wildman–Crippen MR) is 92.0 cm³/mol. The van der Waals surface area contributed by atoms with Gasteiger partial charge in [-0.15, -0.1) is 0 Å². The van der Waals surface area contributed by atoms with Crippen molar-refractivity contribution in [1.29, 1.82) is 0 Å². The van der Waals surface area contributed by atoms with E-state index < -0.39 is 29.0 Å². The molecule has 6 nitrogen and oxygen atoms in total. The standard InChI is InChI=1S/C19H19F2N3O3/c20-15-7-3-5-13(16(15)21)12-24-10-4-8-19(27,18(24)26)17(25)23-11-14-6-1-2-9-22-14/h1-3,5-7,9,27H,4,8,10-12H2,(H,23,25)/t19-/m0/s1. The van der Waals surface area contributed by atoms with Crippen molar-refractivity contribution in [1.82, 2.24) is 15.2 Å². The molecule has 0 bridgehead atoms. The van der Waals surface area contributed by atoms with Crippen LogP contribution < -0.4 is 5.32 Å². The van der Waals surface area contributed by atoms with E-state index >= 15 is 0 Å². The second-order valence-electron chi connectivity index (χ2n) is 6.41. The first-order chi connectivity index (χ1) is 12.9. The number of pyridine rings is 1. The van der Waals surface area contributed by atoms with E-state index in [1.54, 1.807) is 24.4 Å². The van der Waals surface area contributed by atoms with Crippen LogP contribution in [0, 0.1) is 11.6 Å². The van der Waals surface area contributed by atoms with Crippen molar-refractivity contribution in [2.75, 3.05) is 6.54 Å². The lowest BCUT2D eigenvalue weighted by Gasteiger charge is -2.37. The van der Waals surface area contributed by atoms with E-state index in [1.165, 1.54) is 17.0 Å². The Morgan fingerprint density at radius 3 is 2.81 bits per heavy atom. The maximum atomic E-state index is 13.9. The van der Waals surface area contributed by atoms with Gasteiger partial charge in [-0.2, -0.15) is 0 Å². The van der Waals surface area contributed by atoms with E-state index in [9.17, 15) is 23.5 Å². The molecule has 2 aromatic rings. The molecule has 1 atom stereocenters. The maximum absolute atomic E-state index is 13.9. The third kappa shape index (κ3) is 3.95. The van der Waals surface area contributed by atoms with Gasteiger partial charge in [-0.05, 0) is 31.0 Å². The molecule has 2 N–H and O–H groups in total. The lowest BCUT2D eigenvalue weighted by molar-refractivity contribution is -0.166. The molecule has 0 aliphatic carbocycles. The molecule has 3 rings (SSSR count). The SMILES string of the molecule is O=C(NCc1ccccn1)[C@@]1(O)CCCN(Cc2cccc(F)c2F)C1=O. The highest BCUT2D eigenvalue weighted by Crippen LogP contribution is 2.25. The molecule has 1 aromatic carbocycles. The Hall–Kier alpha value is -2.87. The number of carbonyl (C=O) groups is 2. The number of likely N-dealkylation sites (tertiary alicyclic amines) is 1. The van der Waals surface area contributed by atoms with E-state index in [-0.39, 0.29) is 31.6 Å². The molecule has 2 heterocycles. The zero-order valence-corrected chi connectivity index (χ0v) is 14.5. The summed E-state index contributed by atoms with van der Waals surface area (Å²) in [6.45, 7) is 0.0800. The fourth-order valence-electron chi connectivity index (χ4n) is 3.05. The first-order valence-electron chi connectivity index (χ1n) is 8.54. The number of nitrogens with one attached hydrogen (secondary N) is 1. The van der Waals surface area contributed by atoms with Crippen molar-refractivity contribution < 1.29 is 23.5 Å². The Bertz CT molecular complexity index is 847. The smallest absolute Gasteiger partial charge is 0.264 e. The van der Waals surface area contributed by atoms with Gasteiger partial charge in [-0.1, -0.05) is 18.2 Å². The summed E-state index contributed by atoms with van der Waals surface area (Å²) in [5.41, 5.74) is -1.67. The van der Waals surface area contributed by atoms with Gasteiger partial charge in [0, 0.05) is 24.8 Å². The van der Waals surface area contributed by atoms with E-state index in [0.717, 1.165) is 6.07 Å². The first-order valence-corrected chi connectivity index (χ1v) is 8.54. The summed E-state index contributed by atoms with van der Waals surface area (Å²) in [5.74, 6) is -3.71. The minimum absolute atomic E-state index is 0.0125. The van der Waals surface area contributed by atoms with E-state index in [4.69, 9.17) is 0 Å². The number of carbonyl (C=O) groups excluding carboxylic acids is 2. The largest absolute Gasteiger partial charge is 0.372 e. The normalized spacial score (nSPS) is 19.8. The molecule has 2 amide bonds. The summed E-state index contributed by atoms with van der Waals surface area (Å²) < 4.78 is 27.3. The first kappa shape index (κ1) is 18.9. The van der Waals surface area contributed by atoms with Crippen LogP contribution in [0.1, 0.15) is 24.1 Å². The van der Waals surface area contributed by atoms with Crippen LogP contribution in [0.4, 0.5) is 8.78 Å². The number of benzene rings is 1. The minimum Gasteiger partial charge on any atom is -0.372 e. The average molecular weight is 375 g/mol. The lowest BCUT2D eigenvalue weighted by Crippen LogP contribution is -2.60. The van der Waals surface area contributed by atoms with E-state index in [2.05, 4.69) is 10.3 Å². The van der Waals surface area contributed by atoms with Crippen molar-refractivity contribution in [3.8, 4) is 0 Å². The van der Waals surface area contributed by atoms with Crippen molar-refractivity contribution in [3.63, 3.8) is 0 Å². The maximum Gasteiger partial charge on any atom is 0.264 e. The van der Waals surface area contributed by atoms with Gasteiger partial charge in [0.1, 0.15) is 0 Å². The summed E-state index contributed by atoms with van der Waals surface area (Å²) in [4.78, 5) is 30.4. The summed E-state index contributed by atoms with van der Waals surface area (Å²) in [6.07, 6.45) is 1.88. The van der Waals surface area contributed by atoms with Gasteiger partial charge in [-0.3, -0.25) is 14.6 Å². The van der Waals surface area contributed by atoms with Crippen LogP contribution in [-0.2, 0) is 22.7 Å². The zero-order chi connectivity index (χ0) is 19.4. The van der Waals surface area contributed by atoms with E-state index in [1.807, 2.05) is 0 Å². The van der Waals surface area contributed by atoms with Gasteiger partial charge in [-0.25, -0.2) is 8.78 Å². The topological polar surface area (TPSA) is 82.5 Å². The quantitative estimate of drug-likeness (QED) is 0.777. The van der Waals surface area contributed by atoms with Crippen LogP contribution in [0.2, 0.25) is 0 Å². The summed E-state index contributed by atoms with van der Waals surface area (Å²) in [7, 11) is 0. The third-order valence-electron chi connectivity index (χ3n) is 4.53. The Balaban J connectivity index is 1.70. The fourth-order valence-corrected chi connectivity index (χ4v) is 3.05. The fraction of sp³-hybridized carbons (Fsp3) is 0.316. The van der Waals surface area contributed by atoms with Crippen molar-refractivity contribution >= 4 is 11.8 Å². The molecule has 1 aromatic heterocycles. The summed E-state index contributed by atoms with van der Waals surface area (Å²) in [6, 6.07) is 8.87. The Labute approximate surface area is 154 Å². The molecule has 1 aliphatic heterocycles. The number of piperidine rings is 1. The molecule has 0 radical (unpaired) electrons. The highest BCUT2D eigenvalue weighted by molar-refractivity contribution is 6.08. The molecule has 0 unspecified atom stereocenters. The highest BCUT2D eigenvalue weighted by atomic mass is 19.2. The van der Waals surface area contributed by atoms with Crippen LogP contribution in [0.25, 0.3) is 0 Å². The number of amides is 2. The number of hydrogen-bond acceptors (Lipinski definition) is 4. The zero-order valence-electron chi connectivity index (χ0n) is 14.5. The Morgan fingerprint density at radius 1 is 1.26 bits per heavy atom. The molecular formula is C19H19F2N3O3. The van der Waals surface area contributed by atoms with Crippen molar-refractivity contribution in [3.05, 3.63) is 65.5 Å². The molecule has 1 fully saturated rings. The lowest BCUT2D eigenvalue weighted by atomic mass is 9.90. The third-order valence-corrected chi connectivity index (χ3v) is 4.53. The molecule has 142 valence electrons.